The molecule has 2 rings (SSSR count). The second kappa shape index (κ2) is 3.33. The fourth-order valence-electron chi connectivity index (χ4n) is 1.07. The Morgan fingerprint density at radius 2 is 2.15 bits per heavy atom. The molecule has 0 N–H and O–H groups in total. The minimum absolute atomic E-state index is 0.491. The highest BCUT2D eigenvalue weighted by Gasteiger charge is 2.09. The number of aromatic nitrogens is 1. The molecule has 68 valence electrons. The Hall–Kier alpha value is -0.510. The molecule has 13 heavy (non-hydrogen) atoms. The van der Waals surface area contributed by atoms with Crippen LogP contribution in [0.3, 0.4) is 0 Å². The lowest BCUT2D eigenvalue weighted by molar-refractivity contribution is 0.415. The second-order valence-corrected chi connectivity index (χ2v) is 4.39. The molecule has 2 nitrogen and oxygen atoms in total. The molecule has 2 aromatic rings. The summed E-state index contributed by atoms with van der Waals surface area (Å²) >= 11 is 13.2. The van der Waals surface area contributed by atoms with Crippen molar-refractivity contribution in [3.8, 4) is 5.75 Å². The predicted octanol–water partition coefficient (Wildman–Crippen LogP) is 3.61. The number of benzene rings is 1. The van der Waals surface area contributed by atoms with Gasteiger partial charge in [-0.05, 0) is 12.1 Å². The molecule has 0 saturated carbocycles. The van der Waals surface area contributed by atoms with Gasteiger partial charge in [-0.1, -0.05) is 23.2 Å². The summed E-state index contributed by atoms with van der Waals surface area (Å²) in [7, 11) is 1.57. The second-order valence-electron chi connectivity index (χ2n) is 2.40. The van der Waals surface area contributed by atoms with Crippen LogP contribution < -0.4 is 4.74 Å². The molecule has 0 spiro atoms. The summed E-state index contributed by atoms with van der Waals surface area (Å²) in [5, 5.41) is 0.517. The lowest BCUT2D eigenvalue weighted by atomic mass is 10.3. The van der Waals surface area contributed by atoms with Gasteiger partial charge < -0.3 is 4.74 Å². The largest absolute Gasteiger partial charge is 0.495 e. The molecule has 0 atom stereocenters. The molecule has 0 aliphatic carbocycles. The Kier molecular flexibility index (Phi) is 2.32. The summed E-state index contributed by atoms with van der Waals surface area (Å²) in [6, 6.07) is 3.70. The molecule has 0 unspecified atom stereocenters. The van der Waals surface area contributed by atoms with Crippen LogP contribution in [0.5, 0.6) is 5.75 Å². The number of ether oxygens (including phenoxy) is 1. The molecular weight excluding hydrogens is 229 g/mol. The van der Waals surface area contributed by atoms with Crippen LogP contribution >= 0.6 is 34.5 Å². The molecule has 5 heteroatoms. The van der Waals surface area contributed by atoms with Gasteiger partial charge >= 0.3 is 0 Å². The normalized spacial score (nSPS) is 10.7. The van der Waals surface area contributed by atoms with Crippen molar-refractivity contribution in [2.45, 2.75) is 0 Å². The molecule has 1 aromatic heterocycles. The SMILES string of the molecule is COc1ccc2sc(Cl)nc2c1Cl. The first kappa shape index (κ1) is 9.06. The van der Waals surface area contributed by atoms with E-state index in [1.165, 1.54) is 11.3 Å². The summed E-state index contributed by atoms with van der Waals surface area (Å²) < 4.78 is 6.51. The third kappa shape index (κ3) is 1.47. The van der Waals surface area contributed by atoms with E-state index in [0.717, 1.165) is 4.70 Å². The van der Waals surface area contributed by atoms with Crippen molar-refractivity contribution in [2.24, 2.45) is 0 Å². The van der Waals surface area contributed by atoms with E-state index in [1.54, 1.807) is 13.2 Å². The summed E-state index contributed by atoms with van der Waals surface area (Å²) in [6.45, 7) is 0. The van der Waals surface area contributed by atoms with Crippen molar-refractivity contribution < 1.29 is 4.74 Å². The van der Waals surface area contributed by atoms with Crippen molar-refractivity contribution in [3.05, 3.63) is 21.6 Å². The number of halogens is 2. The maximum atomic E-state index is 6.02. The van der Waals surface area contributed by atoms with Crippen LogP contribution in [-0.4, -0.2) is 12.1 Å². The maximum Gasteiger partial charge on any atom is 0.184 e. The topological polar surface area (TPSA) is 22.1 Å². The standard InChI is InChI=1S/C8H5Cl2NOS/c1-12-4-2-3-5-7(6(4)9)11-8(10)13-5/h2-3H,1H3. The molecule has 1 heterocycles. The van der Waals surface area contributed by atoms with Gasteiger partial charge in [-0.2, -0.15) is 0 Å². The van der Waals surface area contributed by atoms with E-state index in [9.17, 15) is 0 Å². The number of hydrogen-bond donors (Lipinski definition) is 0. The molecular formula is C8H5Cl2NOS. The number of methoxy groups -OCH3 is 1. The van der Waals surface area contributed by atoms with Crippen LogP contribution in [0.15, 0.2) is 12.1 Å². The highest BCUT2D eigenvalue weighted by Crippen LogP contribution is 2.36. The number of nitrogens with zero attached hydrogens (tertiary/aromatic N) is 1. The van der Waals surface area contributed by atoms with E-state index >= 15 is 0 Å². The lowest BCUT2D eigenvalue weighted by Gasteiger charge is -2.01. The first-order chi connectivity index (χ1) is 6.22. The Bertz CT molecular complexity index is 455. The monoisotopic (exact) mass is 233 g/mol. The van der Waals surface area contributed by atoms with Crippen molar-refractivity contribution in [1.29, 1.82) is 0 Å². The fourth-order valence-corrected chi connectivity index (χ4v) is 2.45. The highest BCUT2D eigenvalue weighted by atomic mass is 35.5. The van der Waals surface area contributed by atoms with Gasteiger partial charge in [0, 0.05) is 0 Å². The Morgan fingerprint density at radius 3 is 2.85 bits per heavy atom. The number of fused-ring (bicyclic) bond motifs is 1. The molecule has 0 bridgehead atoms. The van der Waals surface area contributed by atoms with E-state index in [1.807, 2.05) is 6.07 Å². The molecule has 0 aliphatic heterocycles. The van der Waals surface area contributed by atoms with E-state index in [2.05, 4.69) is 4.98 Å². The van der Waals surface area contributed by atoms with Crippen LogP contribution in [0.4, 0.5) is 0 Å². The first-order valence-corrected chi connectivity index (χ1v) is 5.08. The third-order valence-corrected chi connectivity index (χ3v) is 3.15. The quantitative estimate of drug-likeness (QED) is 0.751. The van der Waals surface area contributed by atoms with Gasteiger partial charge in [0.05, 0.1) is 11.8 Å². The molecule has 0 radical (unpaired) electrons. The summed E-state index contributed by atoms with van der Waals surface area (Å²) in [5.41, 5.74) is 0.705. The van der Waals surface area contributed by atoms with Crippen molar-refractivity contribution in [2.75, 3.05) is 7.11 Å². The van der Waals surface area contributed by atoms with Gasteiger partial charge in [0.25, 0.3) is 0 Å². The Balaban J connectivity index is 2.78. The predicted molar refractivity (Wildman–Crippen MR) is 56.2 cm³/mol. The Morgan fingerprint density at radius 1 is 1.38 bits per heavy atom. The average molecular weight is 234 g/mol. The van der Waals surface area contributed by atoms with Crippen LogP contribution in [0, 0.1) is 0 Å². The van der Waals surface area contributed by atoms with Crippen LogP contribution in [0.25, 0.3) is 10.2 Å². The number of hydrogen-bond acceptors (Lipinski definition) is 3. The van der Waals surface area contributed by atoms with Crippen molar-refractivity contribution >= 4 is 44.8 Å². The van der Waals surface area contributed by atoms with Gasteiger partial charge in [0.1, 0.15) is 16.3 Å². The lowest BCUT2D eigenvalue weighted by Crippen LogP contribution is -1.83. The first-order valence-electron chi connectivity index (χ1n) is 3.51. The molecule has 1 aromatic carbocycles. The van der Waals surface area contributed by atoms with Gasteiger partial charge in [-0.25, -0.2) is 4.98 Å². The summed E-state index contributed by atoms with van der Waals surface area (Å²) in [6.07, 6.45) is 0. The van der Waals surface area contributed by atoms with Crippen LogP contribution in [0.1, 0.15) is 0 Å². The average Bonchev–Trinajstić information content (AvgIpc) is 2.47. The van der Waals surface area contributed by atoms with E-state index in [-0.39, 0.29) is 0 Å². The fraction of sp³-hybridized carbons (Fsp3) is 0.125. The Labute approximate surface area is 89.1 Å². The molecule has 0 fully saturated rings. The third-order valence-electron chi connectivity index (χ3n) is 1.66. The van der Waals surface area contributed by atoms with Crippen LogP contribution in [0.2, 0.25) is 9.49 Å². The minimum Gasteiger partial charge on any atom is -0.495 e. The van der Waals surface area contributed by atoms with E-state index in [0.29, 0.717) is 20.8 Å². The van der Waals surface area contributed by atoms with Crippen molar-refractivity contribution in [3.63, 3.8) is 0 Å². The van der Waals surface area contributed by atoms with E-state index in [4.69, 9.17) is 27.9 Å². The zero-order valence-electron chi connectivity index (χ0n) is 6.67. The smallest absolute Gasteiger partial charge is 0.184 e. The van der Waals surface area contributed by atoms with Crippen molar-refractivity contribution in [1.82, 2.24) is 4.98 Å². The van der Waals surface area contributed by atoms with E-state index < -0.39 is 0 Å². The summed E-state index contributed by atoms with van der Waals surface area (Å²) in [4.78, 5) is 4.09. The molecule has 0 amide bonds. The highest BCUT2D eigenvalue weighted by molar-refractivity contribution is 7.22. The number of rotatable bonds is 1. The van der Waals surface area contributed by atoms with Gasteiger partial charge in [-0.15, -0.1) is 11.3 Å². The zero-order chi connectivity index (χ0) is 9.42. The molecule has 0 saturated heterocycles. The van der Waals surface area contributed by atoms with Gasteiger partial charge in [0.2, 0.25) is 0 Å². The maximum absolute atomic E-state index is 6.02. The molecule has 0 aliphatic rings. The number of thiazole rings is 1. The minimum atomic E-state index is 0.491. The van der Waals surface area contributed by atoms with Gasteiger partial charge in [-0.3, -0.25) is 0 Å². The summed E-state index contributed by atoms with van der Waals surface area (Å²) in [5.74, 6) is 0.621. The van der Waals surface area contributed by atoms with Crippen LogP contribution in [-0.2, 0) is 0 Å². The zero-order valence-corrected chi connectivity index (χ0v) is 9.00. The van der Waals surface area contributed by atoms with Gasteiger partial charge in [0.15, 0.2) is 4.47 Å².